The molecule has 0 atom stereocenters. The van der Waals surface area contributed by atoms with Crippen molar-refractivity contribution >= 4 is 23.1 Å². The molecule has 0 aliphatic carbocycles. The van der Waals surface area contributed by atoms with Gasteiger partial charge in [0.1, 0.15) is 11.0 Å². The first-order valence-corrected chi connectivity index (χ1v) is 5.30. The third-order valence-electron chi connectivity index (χ3n) is 2.14. The summed E-state index contributed by atoms with van der Waals surface area (Å²) in [5.74, 6) is 0.361. The lowest BCUT2D eigenvalue weighted by molar-refractivity contribution is 0.387. The molecule has 0 bridgehead atoms. The number of hydrogen-bond acceptors (Lipinski definition) is 3. The van der Waals surface area contributed by atoms with Gasteiger partial charge >= 0.3 is 0 Å². The third kappa shape index (κ3) is 2.85. The minimum atomic E-state index is -0.405. The number of rotatable bonds is 3. The SMILES string of the molecule is COc1cc(Nc2cccc(Cl)n2)ccc1F. The molecule has 3 nitrogen and oxygen atoms in total. The standard InChI is InChI=1S/C12H10ClFN2O/c1-17-10-7-8(5-6-9(10)14)15-12-4-2-3-11(13)16-12/h2-7H,1H3,(H,15,16). The van der Waals surface area contributed by atoms with E-state index in [1.165, 1.54) is 13.2 Å². The Morgan fingerprint density at radius 3 is 2.82 bits per heavy atom. The van der Waals surface area contributed by atoms with E-state index in [0.717, 1.165) is 0 Å². The number of anilines is 2. The molecule has 0 spiro atoms. The third-order valence-corrected chi connectivity index (χ3v) is 2.35. The molecule has 0 amide bonds. The molecule has 0 radical (unpaired) electrons. The van der Waals surface area contributed by atoms with Gasteiger partial charge in [-0.25, -0.2) is 9.37 Å². The predicted molar refractivity (Wildman–Crippen MR) is 65.5 cm³/mol. The van der Waals surface area contributed by atoms with Gasteiger partial charge in [-0.1, -0.05) is 17.7 Å². The number of halogens is 2. The van der Waals surface area contributed by atoms with Crippen LogP contribution in [-0.2, 0) is 0 Å². The summed E-state index contributed by atoms with van der Waals surface area (Å²) in [6.07, 6.45) is 0. The fourth-order valence-electron chi connectivity index (χ4n) is 1.36. The van der Waals surface area contributed by atoms with Crippen LogP contribution in [0, 0.1) is 5.82 Å². The molecule has 0 fully saturated rings. The van der Waals surface area contributed by atoms with Crippen molar-refractivity contribution in [3.63, 3.8) is 0 Å². The smallest absolute Gasteiger partial charge is 0.165 e. The molecule has 5 heteroatoms. The minimum absolute atomic E-state index is 0.178. The molecule has 0 saturated carbocycles. The average molecular weight is 253 g/mol. The van der Waals surface area contributed by atoms with Crippen molar-refractivity contribution < 1.29 is 9.13 Å². The lowest BCUT2D eigenvalue weighted by atomic mass is 10.3. The van der Waals surface area contributed by atoms with Gasteiger partial charge in [-0.05, 0) is 24.3 Å². The first kappa shape index (κ1) is 11.7. The maximum absolute atomic E-state index is 13.2. The van der Waals surface area contributed by atoms with E-state index in [-0.39, 0.29) is 5.75 Å². The molecule has 88 valence electrons. The molecular formula is C12H10ClFN2O. The number of hydrogen-bond donors (Lipinski definition) is 1. The van der Waals surface area contributed by atoms with E-state index in [1.54, 1.807) is 30.3 Å². The van der Waals surface area contributed by atoms with Gasteiger partial charge in [0, 0.05) is 11.8 Å². The molecule has 2 rings (SSSR count). The van der Waals surface area contributed by atoms with Gasteiger partial charge in [-0.2, -0.15) is 0 Å². The highest BCUT2D eigenvalue weighted by atomic mass is 35.5. The van der Waals surface area contributed by atoms with Crippen LogP contribution in [0.5, 0.6) is 5.75 Å². The van der Waals surface area contributed by atoms with Crippen LogP contribution in [0.15, 0.2) is 36.4 Å². The van der Waals surface area contributed by atoms with Gasteiger partial charge in [-0.3, -0.25) is 0 Å². The Kier molecular flexibility index (Phi) is 3.44. The maximum atomic E-state index is 13.2. The van der Waals surface area contributed by atoms with Crippen LogP contribution >= 0.6 is 11.6 Å². The zero-order valence-electron chi connectivity index (χ0n) is 9.08. The van der Waals surface area contributed by atoms with Gasteiger partial charge in [0.2, 0.25) is 0 Å². The zero-order chi connectivity index (χ0) is 12.3. The summed E-state index contributed by atoms with van der Waals surface area (Å²) in [5, 5.41) is 3.40. The molecule has 1 aromatic heterocycles. The van der Waals surface area contributed by atoms with Crippen molar-refractivity contribution in [3.8, 4) is 5.75 Å². The van der Waals surface area contributed by atoms with Crippen LogP contribution in [0.2, 0.25) is 5.15 Å². The van der Waals surface area contributed by atoms with Gasteiger partial charge in [0.15, 0.2) is 11.6 Å². The van der Waals surface area contributed by atoms with Gasteiger partial charge < -0.3 is 10.1 Å². The Balaban J connectivity index is 2.24. The van der Waals surface area contributed by atoms with Crippen molar-refractivity contribution in [1.82, 2.24) is 4.98 Å². The van der Waals surface area contributed by atoms with Crippen molar-refractivity contribution in [2.75, 3.05) is 12.4 Å². The normalized spacial score (nSPS) is 10.1. The van der Waals surface area contributed by atoms with Gasteiger partial charge in [-0.15, -0.1) is 0 Å². The van der Waals surface area contributed by atoms with Crippen LogP contribution in [-0.4, -0.2) is 12.1 Å². The van der Waals surface area contributed by atoms with Crippen molar-refractivity contribution in [3.05, 3.63) is 47.4 Å². The van der Waals surface area contributed by atoms with Crippen molar-refractivity contribution in [2.24, 2.45) is 0 Å². The Hall–Kier alpha value is -1.81. The van der Waals surface area contributed by atoms with Crippen LogP contribution in [0.3, 0.4) is 0 Å². The summed E-state index contributed by atoms with van der Waals surface area (Å²) in [6, 6.07) is 9.70. The molecular weight excluding hydrogens is 243 g/mol. The summed E-state index contributed by atoms with van der Waals surface area (Å²) in [7, 11) is 1.42. The highest BCUT2D eigenvalue weighted by Gasteiger charge is 2.04. The molecule has 2 aromatic rings. The number of benzene rings is 1. The Bertz CT molecular complexity index is 534. The molecule has 0 aliphatic rings. The predicted octanol–water partition coefficient (Wildman–Crippen LogP) is 3.63. The van der Waals surface area contributed by atoms with E-state index < -0.39 is 5.82 Å². The van der Waals surface area contributed by atoms with Crippen LogP contribution in [0.1, 0.15) is 0 Å². The Morgan fingerprint density at radius 1 is 1.29 bits per heavy atom. The lowest BCUT2D eigenvalue weighted by Crippen LogP contribution is -1.95. The number of nitrogens with zero attached hydrogens (tertiary/aromatic N) is 1. The average Bonchev–Trinajstić information content (AvgIpc) is 2.32. The molecule has 0 aliphatic heterocycles. The van der Waals surface area contributed by atoms with E-state index in [1.807, 2.05) is 0 Å². The van der Waals surface area contributed by atoms with Gasteiger partial charge in [0.25, 0.3) is 0 Å². The summed E-state index contributed by atoms with van der Waals surface area (Å²) < 4.78 is 18.1. The number of pyridine rings is 1. The molecule has 1 aromatic carbocycles. The fraction of sp³-hybridized carbons (Fsp3) is 0.0833. The number of methoxy groups -OCH3 is 1. The first-order valence-electron chi connectivity index (χ1n) is 4.92. The summed E-state index contributed by atoms with van der Waals surface area (Å²) >= 11 is 5.76. The molecule has 0 unspecified atom stereocenters. The summed E-state index contributed by atoms with van der Waals surface area (Å²) in [5.41, 5.74) is 0.679. The fourth-order valence-corrected chi connectivity index (χ4v) is 1.53. The van der Waals surface area contributed by atoms with E-state index >= 15 is 0 Å². The van der Waals surface area contributed by atoms with Crippen LogP contribution in [0.25, 0.3) is 0 Å². The molecule has 17 heavy (non-hydrogen) atoms. The second-order valence-corrected chi connectivity index (χ2v) is 3.71. The minimum Gasteiger partial charge on any atom is -0.494 e. The van der Waals surface area contributed by atoms with Crippen LogP contribution in [0.4, 0.5) is 15.9 Å². The summed E-state index contributed by atoms with van der Waals surface area (Å²) in [4.78, 5) is 4.07. The lowest BCUT2D eigenvalue weighted by Gasteiger charge is -2.08. The maximum Gasteiger partial charge on any atom is 0.165 e. The topological polar surface area (TPSA) is 34.1 Å². The summed E-state index contributed by atoms with van der Waals surface area (Å²) in [6.45, 7) is 0. The van der Waals surface area contributed by atoms with E-state index in [2.05, 4.69) is 10.3 Å². The number of aromatic nitrogens is 1. The zero-order valence-corrected chi connectivity index (χ0v) is 9.83. The highest BCUT2D eigenvalue weighted by Crippen LogP contribution is 2.24. The first-order chi connectivity index (χ1) is 8.19. The quantitative estimate of drug-likeness (QED) is 0.847. The number of ether oxygens (including phenoxy) is 1. The van der Waals surface area contributed by atoms with Crippen molar-refractivity contribution in [1.29, 1.82) is 0 Å². The molecule has 1 N–H and O–H groups in total. The Labute approximate surface area is 103 Å². The van der Waals surface area contributed by atoms with Crippen molar-refractivity contribution in [2.45, 2.75) is 0 Å². The van der Waals surface area contributed by atoms with E-state index in [4.69, 9.17) is 16.3 Å². The second kappa shape index (κ2) is 5.01. The monoisotopic (exact) mass is 252 g/mol. The molecule has 1 heterocycles. The van der Waals surface area contributed by atoms with E-state index in [9.17, 15) is 4.39 Å². The second-order valence-electron chi connectivity index (χ2n) is 3.32. The largest absolute Gasteiger partial charge is 0.494 e. The Morgan fingerprint density at radius 2 is 2.12 bits per heavy atom. The van der Waals surface area contributed by atoms with Gasteiger partial charge in [0.05, 0.1) is 7.11 Å². The van der Waals surface area contributed by atoms with E-state index in [0.29, 0.717) is 16.7 Å². The van der Waals surface area contributed by atoms with Crippen LogP contribution < -0.4 is 10.1 Å². The highest BCUT2D eigenvalue weighted by molar-refractivity contribution is 6.29. The molecule has 0 saturated heterocycles. The number of nitrogens with one attached hydrogen (secondary N) is 1.